The number of rotatable bonds is 4. The van der Waals surface area contributed by atoms with Crippen LogP contribution < -0.4 is 5.46 Å². The summed E-state index contributed by atoms with van der Waals surface area (Å²) in [7, 11) is 2.11. The monoisotopic (exact) mass is 312 g/mol. The van der Waals surface area contributed by atoms with Gasteiger partial charge >= 0.3 is 0 Å². The maximum absolute atomic E-state index is 11.1. The molecule has 126 valence electrons. The van der Waals surface area contributed by atoms with Crippen LogP contribution in [0.5, 0.6) is 0 Å². The fourth-order valence-corrected chi connectivity index (χ4v) is 5.10. The summed E-state index contributed by atoms with van der Waals surface area (Å²) in [6.45, 7) is 2.32. The highest BCUT2D eigenvalue weighted by Crippen LogP contribution is 2.46. The molecule has 0 atom stereocenters. The third-order valence-corrected chi connectivity index (χ3v) is 6.70. The van der Waals surface area contributed by atoms with Crippen molar-refractivity contribution in [3.05, 3.63) is 29.8 Å². The zero-order chi connectivity index (χ0) is 16.3. The van der Waals surface area contributed by atoms with Crippen LogP contribution in [0.25, 0.3) is 0 Å². The minimum Gasteiger partial charge on any atom is -0.385 e. The van der Waals surface area contributed by atoms with Crippen molar-refractivity contribution in [1.29, 1.82) is 0 Å². The van der Waals surface area contributed by atoms with Gasteiger partial charge in [0, 0.05) is 0 Å². The van der Waals surface area contributed by atoms with Gasteiger partial charge in [-0.3, -0.25) is 0 Å². The first-order chi connectivity index (χ1) is 11.1. The molecule has 0 heterocycles. The molecule has 0 aliphatic heterocycles. The van der Waals surface area contributed by atoms with E-state index in [0.717, 1.165) is 36.2 Å². The van der Waals surface area contributed by atoms with Crippen molar-refractivity contribution in [3.63, 3.8) is 0 Å². The van der Waals surface area contributed by atoms with Crippen LogP contribution in [0.4, 0.5) is 0 Å². The standard InChI is InChI=1S/C21H33BO/c1-2-3-16-4-6-17(7-5-16)18-12-14-21(23,15-13-18)19-8-10-20(22)11-9-19/h8-11,16-18,23H,2-7,12-15,22H2,1H3. The summed E-state index contributed by atoms with van der Waals surface area (Å²) in [6, 6.07) is 8.53. The summed E-state index contributed by atoms with van der Waals surface area (Å²) in [4.78, 5) is 0. The van der Waals surface area contributed by atoms with Gasteiger partial charge in [-0.15, -0.1) is 0 Å². The second kappa shape index (κ2) is 7.42. The Morgan fingerprint density at radius 2 is 1.52 bits per heavy atom. The van der Waals surface area contributed by atoms with Gasteiger partial charge in [-0.25, -0.2) is 0 Å². The average Bonchev–Trinajstić information content (AvgIpc) is 2.57. The fraction of sp³-hybridized carbons (Fsp3) is 0.714. The molecule has 2 aliphatic rings. The van der Waals surface area contributed by atoms with E-state index in [2.05, 4.69) is 39.0 Å². The van der Waals surface area contributed by atoms with Crippen LogP contribution in [-0.2, 0) is 5.60 Å². The molecule has 2 fully saturated rings. The highest BCUT2D eigenvalue weighted by molar-refractivity contribution is 6.32. The molecule has 23 heavy (non-hydrogen) atoms. The zero-order valence-electron chi connectivity index (χ0n) is 15.1. The van der Waals surface area contributed by atoms with E-state index in [0.29, 0.717) is 0 Å². The average molecular weight is 312 g/mol. The maximum Gasteiger partial charge on any atom is 0.139 e. The molecule has 0 bridgehead atoms. The third kappa shape index (κ3) is 4.02. The summed E-state index contributed by atoms with van der Waals surface area (Å²) >= 11 is 0. The quantitative estimate of drug-likeness (QED) is 0.835. The molecular formula is C21H33BO. The van der Waals surface area contributed by atoms with Crippen molar-refractivity contribution in [2.24, 2.45) is 17.8 Å². The van der Waals surface area contributed by atoms with Gasteiger partial charge in [0.2, 0.25) is 0 Å². The second-order valence-electron chi connectivity index (χ2n) is 8.30. The van der Waals surface area contributed by atoms with Crippen LogP contribution in [0.2, 0.25) is 0 Å². The van der Waals surface area contributed by atoms with Crippen molar-refractivity contribution >= 4 is 13.3 Å². The summed E-state index contributed by atoms with van der Waals surface area (Å²) in [5.41, 5.74) is 1.84. The van der Waals surface area contributed by atoms with Gasteiger partial charge < -0.3 is 5.11 Å². The smallest absolute Gasteiger partial charge is 0.139 e. The number of hydrogen-bond acceptors (Lipinski definition) is 1. The summed E-state index contributed by atoms with van der Waals surface area (Å²) in [5.74, 6) is 2.80. The maximum atomic E-state index is 11.1. The Hall–Kier alpha value is -0.755. The lowest BCUT2D eigenvalue weighted by Gasteiger charge is -2.41. The molecule has 3 rings (SSSR count). The molecule has 0 aromatic heterocycles. The van der Waals surface area contributed by atoms with E-state index < -0.39 is 5.60 Å². The lowest BCUT2D eigenvalue weighted by atomic mass is 9.66. The highest BCUT2D eigenvalue weighted by atomic mass is 16.3. The number of aliphatic hydroxyl groups is 1. The van der Waals surface area contributed by atoms with Crippen LogP contribution in [0.1, 0.15) is 76.7 Å². The lowest BCUT2D eigenvalue weighted by Crippen LogP contribution is -2.34. The van der Waals surface area contributed by atoms with E-state index in [1.54, 1.807) is 0 Å². The Morgan fingerprint density at radius 1 is 0.957 bits per heavy atom. The molecule has 0 amide bonds. The van der Waals surface area contributed by atoms with Crippen molar-refractivity contribution < 1.29 is 5.11 Å². The predicted octanol–water partition coefficient (Wildman–Crippen LogP) is 3.93. The van der Waals surface area contributed by atoms with Gasteiger partial charge in [0.05, 0.1) is 5.60 Å². The fourth-order valence-electron chi connectivity index (χ4n) is 5.10. The molecule has 2 heteroatoms. The second-order valence-corrected chi connectivity index (χ2v) is 8.30. The number of hydrogen-bond donors (Lipinski definition) is 1. The topological polar surface area (TPSA) is 20.2 Å². The first kappa shape index (κ1) is 17.1. The highest BCUT2D eigenvalue weighted by Gasteiger charge is 2.38. The Balaban J connectivity index is 1.53. The van der Waals surface area contributed by atoms with Crippen LogP contribution in [-0.4, -0.2) is 13.0 Å². The van der Waals surface area contributed by atoms with Crippen molar-refractivity contribution in [1.82, 2.24) is 0 Å². The molecule has 1 aromatic rings. The molecule has 1 nitrogen and oxygen atoms in total. The molecular weight excluding hydrogens is 279 g/mol. The Kier molecular flexibility index (Phi) is 5.51. The Bertz CT molecular complexity index is 479. The Labute approximate surface area is 143 Å². The summed E-state index contributed by atoms with van der Waals surface area (Å²) in [6.07, 6.45) is 12.9. The SMILES string of the molecule is Bc1ccc(C2(O)CCC(C3CCC(CCC)CC3)CC2)cc1. The van der Waals surface area contributed by atoms with Crippen LogP contribution in [0.15, 0.2) is 24.3 Å². The third-order valence-electron chi connectivity index (χ3n) is 6.70. The summed E-state index contributed by atoms with van der Waals surface area (Å²) in [5, 5.41) is 11.1. The molecule has 2 saturated carbocycles. The van der Waals surface area contributed by atoms with E-state index in [1.807, 2.05) is 0 Å². The van der Waals surface area contributed by atoms with Gasteiger partial charge in [0.15, 0.2) is 0 Å². The van der Waals surface area contributed by atoms with Crippen molar-refractivity contribution in [3.8, 4) is 0 Å². The van der Waals surface area contributed by atoms with Crippen LogP contribution in [0, 0.1) is 17.8 Å². The van der Waals surface area contributed by atoms with E-state index in [1.165, 1.54) is 56.8 Å². The molecule has 1 N–H and O–H groups in total. The van der Waals surface area contributed by atoms with Crippen molar-refractivity contribution in [2.45, 2.75) is 76.7 Å². The minimum absolute atomic E-state index is 0.566. The summed E-state index contributed by atoms with van der Waals surface area (Å²) < 4.78 is 0. The van der Waals surface area contributed by atoms with E-state index in [9.17, 15) is 5.11 Å². The molecule has 0 unspecified atom stereocenters. The number of benzene rings is 1. The van der Waals surface area contributed by atoms with Gasteiger partial charge in [-0.2, -0.15) is 0 Å². The molecule has 2 aliphatic carbocycles. The minimum atomic E-state index is -0.566. The molecule has 0 spiro atoms. The molecule has 0 radical (unpaired) electrons. The van der Waals surface area contributed by atoms with Crippen LogP contribution in [0.3, 0.4) is 0 Å². The van der Waals surface area contributed by atoms with Gasteiger partial charge in [-0.05, 0) is 61.8 Å². The van der Waals surface area contributed by atoms with Gasteiger partial charge in [0.1, 0.15) is 7.85 Å². The van der Waals surface area contributed by atoms with Gasteiger partial charge in [0.25, 0.3) is 0 Å². The lowest BCUT2D eigenvalue weighted by molar-refractivity contribution is -0.0260. The van der Waals surface area contributed by atoms with E-state index in [4.69, 9.17) is 0 Å². The molecule has 1 aromatic carbocycles. The van der Waals surface area contributed by atoms with Crippen LogP contribution >= 0.6 is 0 Å². The largest absolute Gasteiger partial charge is 0.385 e. The van der Waals surface area contributed by atoms with Gasteiger partial charge in [-0.1, -0.05) is 62.3 Å². The first-order valence-electron chi connectivity index (χ1n) is 9.90. The normalized spacial score (nSPS) is 35.1. The predicted molar refractivity (Wildman–Crippen MR) is 101 cm³/mol. The Morgan fingerprint density at radius 3 is 2.09 bits per heavy atom. The van der Waals surface area contributed by atoms with E-state index in [-0.39, 0.29) is 0 Å². The van der Waals surface area contributed by atoms with Crippen molar-refractivity contribution in [2.75, 3.05) is 0 Å². The molecule has 0 saturated heterocycles. The first-order valence-corrected chi connectivity index (χ1v) is 9.90. The van der Waals surface area contributed by atoms with E-state index >= 15 is 0 Å². The zero-order valence-corrected chi connectivity index (χ0v) is 15.1.